The summed E-state index contributed by atoms with van der Waals surface area (Å²) in [5, 5.41) is 6.45. The van der Waals surface area contributed by atoms with Gasteiger partial charge >= 0.3 is 0 Å². The maximum atomic E-state index is 5.73. The molecule has 0 saturated heterocycles. The summed E-state index contributed by atoms with van der Waals surface area (Å²) in [4.78, 5) is 11.6. The molecule has 9 heteroatoms. The number of guanidine groups is 1. The van der Waals surface area contributed by atoms with Gasteiger partial charge in [-0.1, -0.05) is 6.07 Å². The van der Waals surface area contributed by atoms with Crippen molar-refractivity contribution in [2.24, 2.45) is 4.99 Å². The van der Waals surface area contributed by atoms with Gasteiger partial charge in [0.1, 0.15) is 11.1 Å². The number of ether oxygens (including phenoxy) is 3. The number of rotatable bonds is 12. The molecule has 0 amide bonds. The van der Waals surface area contributed by atoms with Crippen molar-refractivity contribution in [3.05, 3.63) is 39.8 Å². The summed E-state index contributed by atoms with van der Waals surface area (Å²) in [5.74, 6) is 2.45. The van der Waals surface area contributed by atoms with Crippen molar-refractivity contribution in [2.45, 2.75) is 46.8 Å². The first kappa shape index (κ1) is 28.4. The van der Waals surface area contributed by atoms with Gasteiger partial charge in [-0.25, -0.2) is 4.98 Å². The summed E-state index contributed by atoms with van der Waals surface area (Å²) in [6.07, 6.45) is 0.836. The number of aromatic nitrogens is 1. The lowest BCUT2D eigenvalue weighted by Gasteiger charge is -2.21. The zero-order valence-corrected chi connectivity index (χ0v) is 23.2. The third kappa shape index (κ3) is 8.74. The fraction of sp³-hybridized carbons (Fsp3) is 0.565. The second-order valence-electron chi connectivity index (χ2n) is 7.04. The Hall–Kier alpha value is -1.59. The first-order valence-electron chi connectivity index (χ1n) is 10.9. The highest BCUT2D eigenvalue weighted by Crippen LogP contribution is 2.28. The molecule has 1 atom stereocenters. The lowest BCUT2D eigenvalue weighted by molar-refractivity contribution is 0.119. The molecule has 1 heterocycles. The summed E-state index contributed by atoms with van der Waals surface area (Å²) in [6.45, 7) is 11.4. The molecule has 0 aliphatic heterocycles. The van der Waals surface area contributed by atoms with Crippen molar-refractivity contribution < 1.29 is 14.2 Å². The monoisotopic (exact) mass is 576 g/mol. The van der Waals surface area contributed by atoms with Gasteiger partial charge in [-0.3, -0.25) is 4.99 Å². The summed E-state index contributed by atoms with van der Waals surface area (Å²) in [6, 6.07) is 6.10. The Bertz CT molecular complexity index is 831. The molecule has 0 bridgehead atoms. The van der Waals surface area contributed by atoms with Crippen LogP contribution in [0.2, 0.25) is 0 Å². The molecule has 0 radical (unpaired) electrons. The van der Waals surface area contributed by atoms with E-state index in [9.17, 15) is 0 Å². The number of nitrogens with one attached hydrogen (secondary N) is 1. The number of thiazole rings is 1. The van der Waals surface area contributed by atoms with Crippen LogP contribution in [0.3, 0.4) is 0 Å². The molecule has 7 nitrogen and oxygen atoms in total. The molecule has 0 fully saturated rings. The number of aliphatic imine (C=N–C) groups is 1. The average Bonchev–Trinajstić information content (AvgIpc) is 3.23. The molecule has 0 spiro atoms. The molecule has 1 N–H and O–H groups in total. The van der Waals surface area contributed by atoms with E-state index in [-0.39, 0.29) is 30.1 Å². The molecule has 1 aromatic heterocycles. The predicted octanol–water partition coefficient (Wildman–Crippen LogP) is 4.91. The van der Waals surface area contributed by atoms with Crippen LogP contribution >= 0.6 is 35.3 Å². The van der Waals surface area contributed by atoms with E-state index in [1.165, 1.54) is 5.56 Å². The lowest BCUT2D eigenvalue weighted by Crippen LogP contribution is -2.38. The zero-order valence-electron chi connectivity index (χ0n) is 20.0. The SMILES string of the molecule is CCNC(=NCCc1ccc(OCC)c(OCC)c1)N(C)Cc1csc(C(C)OC)n1.I. The number of nitrogens with zero attached hydrogens (tertiary/aromatic N) is 3. The van der Waals surface area contributed by atoms with Crippen molar-refractivity contribution in [1.29, 1.82) is 0 Å². The van der Waals surface area contributed by atoms with Gasteiger partial charge in [0.15, 0.2) is 17.5 Å². The third-order valence-corrected chi connectivity index (χ3v) is 5.69. The smallest absolute Gasteiger partial charge is 0.194 e. The molecule has 0 aliphatic carbocycles. The largest absolute Gasteiger partial charge is 0.490 e. The maximum absolute atomic E-state index is 5.73. The van der Waals surface area contributed by atoms with Gasteiger partial charge in [0.2, 0.25) is 0 Å². The normalized spacial score (nSPS) is 12.1. The minimum atomic E-state index is 0. The molecule has 0 aliphatic rings. The summed E-state index contributed by atoms with van der Waals surface area (Å²) in [5.41, 5.74) is 2.19. The highest BCUT2D eigenvalue weighted by molar-refractivity contribution is 14.0. The number of hydrogen-bond donors (Lipinski definition) is 1. The number of benzene rings is 1. The van der Waals surface area contributed by atoms with Crippen LogP contribution in [0.5, 0.6) is 11.5 Å². The zero-order chi connectivity index (χ0) is 22.6. The Morgan fingerprint density at radius 2 is 1.91 bits per heavy atom. The van der Waals surface area contributed by atoms with Crippen molar-refractivity contribution in [3.8, 4) is 11.5 Å². The van der Waals surface area contributed by atoms with E-state index in [4.69, 9.17) is 19.2 Å². The van der Waals surface area contributed by atoms with Gasteiger partial charge in [0.25, 0.3) is 0 Å². The van der Waals surface area contributed by atoms with Crippen molar-refractivity contribution in [1.82, 2.24) is 15.2 Å². The fourth-order valence-corrected chi connectivity index (χ4v) is 3.85. The molecule has 32 heavy (non-hydrogen) atoms. The molecule has 2 aromatic rings. The van der Waals surface area contributed by atoms with Gasteiger partial charge in [-0.2, -0.15) is 0 Å². The molecular weight excluding hydrogens is 539 g/mol. The Balaban J connectivity index is 0.00000512. The second kappa shape index (κ2) is 15.3. The van der Waals surface area contributed by atoms with Gasteiger partial charge in [0, 0.05) is 32.6 Å². The summed E-state index contributed by atoms with van der Waals surface area (Å²) in [7, 11) is 3.74. The van der Waals surface area contributed by atoms with E-state index < -0.39 is 0 Å². The minimum Gasteiger partial charge on any atom is -0.490 e. The van der Waals surface area contributed by atoms with Crippen LogP contribution in [0.4, 0.5) is 0 Å². The van der Waals surface area contributed by atoms with E-state index in [2.05, 4.69) is 39.6 Å². The van der Waals surface area contributed by atoms with E-state index in [0.717, 1.165) is 41.1 Å². The minimum absolute atomic E-state index is 0. The van der Waals surface area contributed by atoms with Crippen molar-refractivity contribution in [2.75, 3.05) is 40.5 Å². The Morgan fingerprint density at radius 3 is 2.56 bits per heavy atom. The van der Waals surface area contributed by atoms with Gasteiger partial charge in [-0.15, -0.1) is 35.3 Å². The molecule has 2 rings (SSSR count). The van der Waals surface area contributed by atoms with Gasteiger partial charge in [-0.05, 0) is 51.8 Å². The third-order valence-electron chi connectivity index (χ3n) is 4.64. The fourth-order valence-electron chi connectivity index (χ4n) is 3.01. The van der Waals surface area contributed by atoms with Crippen LogP contribution in [-0.4, -0.2) is 56.3 Å². The summed E-state index contributed by atoms with van der Waals surface area (Å²) < 4.78 is 16.7. The topological polar surface area (TPSA) is 68.2 Å². The second-order valence-corrected chi connectivity index (χ2v) is 7.93. The molecule has 1 unspecified atom stereocenters. The first-order chi connectivity index (χ1) is 15.0. The van der Waals surface area contributed by atoms with Crippen LogP contribution in [0.25, 0.3) is 0 Å². The summed E-state index contributed by atoms with van der Waals surface area (Å²) >= 11 is 1.63. The number of methoxy groups -OCH3 is 1. The quantitative estimate of drug-likeness (QED) is 0.220. The maximum Gasteiger partial charge on any atom is 0.194 e. The molecule has 180 valence electrons. The average molecular weight is 577 g/mol. The number of hydrogen-bond acceptors (Lipinski definition) is 6. The number of halogens is 1. The molecular formula is C23H37IN4O3S. The van der Waals surface area contributed by atoms with Crippen LogP contribution in [-0.2, 0) is 17.7 Å². The first-order valence-corrected chi connectivity index (χ1v) is 11.7. The lowest BCUT2D eigenvalue weighted by atomic mass is 10.1. The van der Waals surface area contributed by atoms with Gasteiger partial charge < -0.3 is 24.4 Å². The van der Waals surface area contributed by atoms with Crippen LogP contribution in [0.15, 0.2) is 28.6 Å². The molecule has 0 saturated carbocycles. The van der Waals surface area contributed by atoms with E-state index in [1.54, 1.807) is 18.4 Å². The highest BCUT2D eigenvalue weighted by atomic mass is 127. The standard InChI is InChI=1S/C23H36N4O3S.HI/c1-7-24-23(27(5)15-19-16-31-22(26-19)17(4)28-6)25-13-12-18-10-11-20(29-8-2)21(14-18)30-9-3;/h10-11,14,16-17H,7-9,12-13,15H2,1-6H3,(H,24,25);1H. The highest BCUT2D eigenvalue weighted by Gasteiger charge is 2.13. The Kier molecular flexibility index (Phi) is 13.6. The van der Waals surface area contributed by atoms with Crippen LogP contribution in [0.1, 0.15) is 50.1 Å². The van der Waals surface area contributed by atoms with E-state index in [0.29, 0.717) is 26.3 Å². The molecule has 1 aromatic carbocycles. The van der Waals surface area contributed by atoms with Crippen molar-refractivity contribution in [3.63, 3.8) is 0 Å². The van der Waals surface area contributed by atoms with E-state index in [1.807, 2.05) is 33.9 Å². The Labute approximate surface area is 213 Å². The van der Waals surface area contributed by atoms with E-state index >= 15 is 0 Å². The van der Waals surface area contributed by atoms with Crippen molar-refractivity contribution >= 4 is 41.3 Å². The van der Waals surface area contributed by atoms with Crippen LogP contribution < -0.4 is 14.8 Å². The Morgan fingerprint density at radius 1 is 1.19 bits per heavy atom. The van der Waals surface area contributed by atoms with Crippen LogP contribution in [0, 0.1) is 0 Å². The van der Waals surface area contributed by atoms with Gasteiger partial charge in [0.05, 0.1) is 25.5 Å². The predicted molar refractivity (Wildman–Crippen MR) is 143 cm³/mol.